The van der Waals surface area contributed by atoms with Gasteiger partial charge in [-0.1, -0.05) is 12.1 Å². The van der Waals surface area contributed by atoms with Gasteiger partial charge in [0.25, 0.3) is 0 Å². The molecule has 2 N–H and O–H groups in total. The van der Waals surface area contributed by atoms with Crippen molar-refractivity contribution in [1.82, 2.24) is 4.98 Å². The van der Waals surface area contributed by atoms with Gasteiger partial charge in [-0.05, 0) is 54.8 Å². The third kappa shape index (κ3) is 2.13. The Kier molecular flexibility index (Phi) is 2.84. The highest BCUT2D eigenvalue weighted by Gasteiger charge is 2.09. The Morgan fingerprint density at radius 1 is 1.05 bits per heavy atom. The van der Waals surface area contributed by atoms with Crippen LogP contribution in [0, 0.1) is 13.8 Å². The van der Waals surface area contributed by atoms with E-state index in [1.54, 1.807) is 0 Å². The maximum absolute atomic E-state index is 5.82. The molecule has 0 saturated carbocycles. The Morgan fingerprint density at radius 2 is 1.89 bits per heavy atom. The molecule has 3 aromatic rings. The van der Waals surface area contributed by atoms with Crippen LogP contribution in [0.2, 0.25) is 0 Å². The summed E-state index contributed by atoms with van der Waals surface area (Å²) in [6.07, 6.45) is 0. The van der Waals surface area contributed by atoms with Crippen molar-refractivity contribution in [1.29, 1.82) is 0 Å². The van der Waals surface area contributed by atoms with E-state index in [9.17, 15) is 0 Å². The molecule has 0 atom stereocenters. The zero-order chi connectivity index (χ0) is 13.4. The van der Waals surface area contributed by atoms with Crippen LogP contribution in [0.4, 0.5) is 0 Å². The summed E-state index contributed by atoms with van der Waals surface area (Å²) in [5.41, 5.74) is 11.9. The van der Waals surface area contributed by atoms with Crippen LogP contribution in [0.15, 0.2) is 40.8 Å². The summed E-state index contributed by atoms with van der Waals surface area (Å²) >= 11 is 0. The molecular weight excluding hydrogens is 236 g/mol. The molecule has 1 aromatic heterocycles. The average Bonchev–Trinajstić information content (AvgIpc) is 2.84. The third-order valence-electron chi connectivity index (χ3n) is 3.44. The molecule has 0 spiro atoms. The van der Waals surface area contributed by atoms with Gasteiger partial charge in [-0.3, -0.25) is 0 Å². The second kappa shape index (κ2) is 4.52. The number of nitrogens with zero attached hydrogens (tertiary/aromatic N) is 1. The van der Waals surface area contributed by atoms with Crippen LogP contribution in [0.25, 0.3) is 22.6 Å². The van der Waals surface area contributed by atoms with Crippen molar-refractivity contribution >= 4 is 11.1 Å². The number of benzene rings is 2. The highest BCUT2D eigenvalue weighted by molar-refractivity contribution is 5.77. The topological polar surface area (TPSA) is 52.0 Å². The van der Waals surface area contributed by atoms with E-state index in [1.807, 2.05) is 24.3 Å². The van der Waals surface area contributed by atoms with Crippen LogP contribution >= 0.6 is 0 Å². The summed E-state index contributed by atoms with van der Waals surface area (Å²) in [5, 5.41) is 0. The van der Waals surface area contributed by atoms with Crippen LogP contribution in [-0.4, -0.2) is 4.98 Å². The summed E-state index contributed by atoms with van der Waals surface area (Å²) in [5.74, 6) is 0.660. The monoisotopic (exact) mass is 252 g/mol. The normalized spacial score (nSPS) is 11.1. The SMILES string of the molecule is Cc1ccc(-c2nc3ccc(CN)cc3o2)cc1C. The van der Waals surface area contributed by atoms with E-state index in [2.05, 4.69) is 31.0 Å². The Morgan fingerprint density at radius 3 is 2.63 bits per heavy atom. The minimum Gasteiger partial charge on any atom is -0.436 e. The molecule has 2 aromatic carbocycles. The van der Waals surface area contributed by atoms with E-state index in [0.29, 0.717) is 12.4 Å². The average molecular weight is 252 g/mol. The predicted molar refractivity (Wildman–Crippen MR) is 76.8 cm³/mol. The fourth-order valence-electron chi connectivity index (χ4n) is 2.09. The van der Waals surface area contributed by atoms with E-state index in [1.165, 1.54) is 11.1 Å². The van der Waals surface area contributed by atoms with E-state index in [-0.39, 0.29) is 0 Å². The molecule has 3 heteroatoms. The molecule has 0 aliphatic rings. The molecule has 0 unspecified atom stereocenters. The summed E-state index contributed by atoms with van der Waals surface area (Å²) < 4.78 is 5.82. The number of aromatic nitrogens is 1. The predicted octanol–water partition coefficient (Wildman–Crippen LogP) is 3.57. The lowest BCUT2D eigenvalue weighted by molar-refractivity contribution is 0.619. The van der Waals surface area contributed by atoms with Crippen LogP contribution in [0.3, 0.4) is 0 Å². The molecule has 0 aliphatic carbocycles. The standard InChI is InChI=1S/C16H16N2O/c1-10-3-5-13(7-11(10)2)16-18-14-6-4-12(9-17)8-15(14)19-16/h3-8H,9,17H2,1-2H3. The number of aryl methyl sites for hydroxylation is 2. The first kappa shape index (κ1) is 11.9. The molecule has 1 heterocycles. The van der Waals surface area contributed by atoms with Crippen molar-refractivity contribution in [2.75, 3.05) is 0 Å². The minimum absolute atomic E-state index is 0.510. The van der Waals surface area contributed by atoms with Gasteiger partial charge in [0.1, 0.15) is 5.52 Å². The van der Waals surface area contributed by atoms with Crippen molar-refractivity contribution < 1.29 is 4.42 Å². The molecule has 0 aliphatic heterocycles. The van der Waals surface area contributed by atoms with Gasteiger partial charge in [0.2, 0.25) is 5.89 Å². The number of nitrogens with two attached hydrogens (primary N) is 1. The van der Waals surface area contributed by atoms with Gasteiger partial charge in [0, 0.05) is 12.1 Å². The smallest absolute Gasteiger partial charge is 0.227 e. The van der Waals surface area contributed by atoms with Crippen LogP contribution in [0.1, 0.15) is 16.7 Å². The van der Waals surface area contributed by atoms with Crippen molar-refractivity contribution in [3.8, 4) is 11.5 Å². The quantitative estimate of drug-likeness (QED) is 0.758. The molecule has 0 radical (unpaired) electrons. The van der Waals surface area contributed by atoms with Gasteiger partial charge in [0.15, 0.2) is 5.58 Å². The molecule has 0 saturated heterocycles. The van der Waals surface area contributed by atoms with E-state index >= 15 is 0 Å². The number of hydrogen-bond acceptors (Lipinski definition) is 3. The van der Waals surface area contributed by atoms with E-state index < -0.39 is 0 Å². The van der Waals surface area contributed by atoms with Gasteiger partial charge in [-0.15, -0.1) is 0 Å². The fourth-order valence-corrected chi connectivity index (χ4v) is 2.09. The lowest BCUT2D eigenvalue weighted by Gasteiger charge is -2.01. The lowest BCUT2D eigenvalue weighted by Crippen LogP contribution is -1.94. The van der Waals surface area contributed by atoms with Crippen molar-refractivity contribution in [3.63, 3.8) is 0 Å². The molecule has 0 bridgehead atoms. The highest BCUT2D eigenvalue weighted by atomic mass is 16.3. The van der Waals surface area contributed by atoms with E-state index in [4.69, 9.17) is 10.2 Å². The summed E-state index contributed by atoms with van der Waals surface area (Å²) in [6.45, 7) is 4.70. The molecule has 0 amide bonds. The summed E-state index contributed by atoms with van der Waals surface area (Å²) in [6, 6.07) is 12.1. The van der Waals surface area contributed by atoms with Gasteiger partial charge in [-0.2, -0.15) is 0 Å². The number of hydrogen-bond donors (Lipinski definition) is 1. The van der Waals surface area contributed by atoms with Gasteiger partial charge in [-0.25, -0.2) is 4.98 Å². The molecule has 3 nitrogen and oxygen atoms in total. The number of fused-ring (bicyclic) bond motifs is 1. The lowest BCUT2D eigenvalue weighted by atomic mass is 10.1. The first-order valence-electron chi connectivity index (χ1n) is 6.34. The first-order chi connectivity index (χ1) is 9.17. The van der Waals surface area contributed by atoms with Crippen LogP contribution in [-0.2, 0) is 6.54 Å². The van der Waals surface area contributed by atoms with Gasteiger partial charge < -0.3 is 10.2 Å². The van der Waals surface area contributed by atoms with Crippen molar-refractivity contribution in [2.24, 2.45) is 5.73 Å². The molecule has 96 valence electrons. The molecule has 19 heavy (non-hydrogen) atoms. The van der Waals surface area contributed by atoms with Crippen molar-refractivity contribution in [3.05, 3.63) is 53.1 Å². The maximum atomic E-state index is 5.82. The highest BCUT2D eigenvalue weighted by Crippen LogP contribution is 2.26. The Bertz CT molecular complexity index is 744. The largest absolute Gasteiger partial charge is 0.436 e. The first-order valence-corrected chi connectivity index (χ1v) is 6.34. The Hall–Kier alpha value is -2.13. The third-order valence-corrected chi connectivity index (χ3v) is 3.44. The fraction of sp³-hybridized carbons (Fsp3) is 0.188. The van der Waals surface area contributed by atoms with Crippen LogP contribution < -0.4 is 5.73 Å². The Balaban J connectivity index is 2.11. The number of oxazole rings is 1. The summed E-state index contributed by atoms with van der Waals surface area (Å²) in [4.78, 5) is 4.52. The second-order valence-corrected chi connectivity index (χ2v) is 4.82. The van der Waals surface area contributed by atoms with Crippen LogP contribution in [0.5, 0.6) is 0 Å². The van der Waals surface area contributed by atoms with Gasteiger partial charge >= 0.3 is 0 Å². The molecular formula is C16H16N2O. The zero-order valence-electron chi connectivity index (χ0n) is 11.1. The zero-order valence-corrected chi connectivity index (χ0v) is 11.1. The second-order valence-electron chi connectivity index (χ2n) is 4.82. The Labute approximate surface area is 112 Å². The van der Waals surface area contributed by atoms with Gasteiger partial charge in [0.05, 0.1) is 0 Å². The maximum Gasteiger partial charge on any atom is 0.227 e. The molecule has 0 fully saturated rings. The molecule has 3 rings (SSSR count). The van der Waals surface area contributed by atoms with Crippen molar-refractivity contribution in [2.45, 2.75) is 20.4 Å². The minimum atomic E-state index is 0.510. The summed E-state index contributed by atoms with van der Waals surface area (Å²) in [7, 11) is 0. The number of rotatable bonds is 2. The van der Waals surface area contributed by atoms with E-state index in [0.717, 1.165) is 22.2 Å².